The Morgan fingerprint density at radius 1 is 1.24 bits per heavy atom. The minimum Gasteiger partial charge on any atom is -0.348 e. The van der Waals surface area contributed by atoms with Gasteiger partial charge in [-0.3, -0.25) is 9.59 Å². The molecule has 1 fully saturated rings. The molecule has 2 atom stereocenters. The van der Waals surface area contributed by atoms with Crippen LogP contribution in [0.3, 0.4) is 0 Å². The van der Waals surface area contributed by atoms with Gasteiger partial charge in [-0.05, 0) is 31.0 Å². The zero-order valence-corrected chi connectivity index (χ0v) is 13.3. The molecule has 0 saturated carbocycles. The van der Waals surface area contributed by atoms with Crippen LogP contribution >= 0.6 is 0 Å². The maximum absolute atomic E-state index is 13.0. The third-order valence-electron chi connectivity index (χ3n) is 4.28. The molecular weight excluding hydrogens is 339 g/mol. The molecule has 0 bridgehead atoms. The number of hydrogen-bond acceptors (Lipinski definition) is 4. The van der Waals surface area contributed by atoms with Crippen molar-refractivity contribution in [2.75, 3.05) is 6.54 Å². The first-order valence-electron chi connectivity index (χ1n) is 7.71. The average Bonchev–Trinajstić information content (AvgIpc) is 3.01. The minimum absolute atomic E-state index is 0.145. The third kappa shape index (κ3) is 3.57. The molecule has 134 valence electrons. The van der Waals surface area contributed by atoms with E-state index in [2.05, 4.69) is 20.7 Å². The molecule has 7 nitrogen and oxygen atoms in total. The summed E-state index contributed by atoms with van der Waals surface area (Å²) in [5.74, 6) is -1.09. The maximum Gasteiger partial charge on any atom is 0.408 e. The van der Waals surface area contributed by atoms with Crippen LogP contribution < -0.4 is 5.32 Å². The van der Waals surface area contributed by atoms with Gasteiger partial charge in [-0.2, -0.15) is 28.6 Å². The highest BCUT2D eigenvalue weighted by Crippen LogP contribution is 2.32. The molecule has 1 aromatic heterocycles. The highest BCUT2D eigenvalue weighted by atomic mass is 19.4. The fourth-order valence-corrected chi connectivity index (χ4v) is 3.03. The van der Waals surface area contributed by atoms with Crippen molar-refractivity contribution in [2.45, 2.75) is 38.0 Å². The molecule has 25 heavy (non-hydrogen) atoms. The zero-order chi connectivity index (χ0) is 18.2. The predicted molar refractivity (Wildman–Crippen MR) is 81.6 cm³/mol. The zero-order valence-electron chi connectivity index (χ0n) is 13.3. The molecule has 0 spiro atoms. The SMILES string of the molecule is CC(=O)N1CC(NC(=O)c2ccc3n[nH]nc3c2)CCC1C(F)(F)F. The number of alkyl halides is 3. The van der Waals surface area contributed by atoms with E-state index in [1.807, 2.05) is 0 Å². The number of halogens is 3. The van der Waals surface area contributed by atoms with Crippen LogP contribution in [0, 0.1) is 0 Å². The van der Waals surface area contributed by atoms with E-state index in [9.17, 15) is 22.8 Å². The number of carbonyl (C=O) groups excluding carboxylic acids is 2. The van der Waals surface area contributed by atoms with Crippen molar-refractivity contribution >= 4 is 22.8 Å². The van der Waals surface area contributed by atoms with Gasteiger partial charge in [0, 0.05) is 25.1 Å². The molecule has 2 heterocycles. The summed E-state index contributed by atoms with van der Waals surface area (Å²) in [6.07, 6.45) is -4.57. The molecule has 3 rings (SSSR count). The Labute approximate surface area is 140 Å². The number of H-pyrrole nitrogens is 1. The van der Waals surface area contributed by atoms with Gasteiger partial charge in [0.15, 0.2) is 0 Å². The van der Waals surface area contributed by atoms with Crippen molar-refractivity contribution in [1.29, 1.82) is 0 Å². The number of carbonyl (C=O) groups is 2. The molecule has 2 aromatic rings. The van der Waals surface area contributed by atoms with E-state index in [4.69, 9.17) is 0 Å². The number of piperidine rings is 1. The molecule has 0 aliphatic carbocycles. The van der Waals surface area contributed by atoms with Gasteiger partial charge >= 0.3 is 6.18 Å². The highest BCUT2D eigenvalue weighted by molar-refractivity contribution is 5.97. The number of hydrogen-bond donors (Lipinski definition) is 2. The molecule has 0 radical (unpaired) electrons. The van der Waals surface area contributed by atoms with Crippen LogP contribution in [0.5, 0.6) is 0 Å². The summed E-state index contributed by atoms with van der Waals surface area (Å²) in [7, 11) is 0. The Bertz CT molecular complexity index is 804. The molecule has 1 aliphatic rings. The lowest BCUT2D eigenvalue weighted by atomic mass is 9.97. The Balaban J connectivity index is 1.70. The lowest BCUT2D eigenvalue weighted by molar-refractivity contribution is -0.196. The van der Waals surface area contributed by atoms with Gasteiger partial charge in [-0.15, -0.1) is 0 Å². The summed E-state index contributed by atoms with van der Waals surface area (Å²) in [5, 5.41) is 12.9. The van der Waals surface area contributed by atoms with E-state index in [0.29, 0.717) is 16.6 Å². The number of aromatic amines is 1. The number of rotatable bonds is 2. The lowest BCUT2D eigenvalue weighted by Gasteiger charge is -2.40. The Kier molecular flexibility index (Phi) is 4.36. The summed E-state index contributed by atoms with van der Waals surface area (Å²) in [4.78, 5) is 24.7. The normalized spacial score (nSPS) is 21.4. The molecule has 2 amide bonds. The van der Waals surface area contributed by atoms with Gasteiger partial charge < -0.3 is 10.2 Å². The number of likely N-dealkylation sites (tertiary alicyclic amines) is 1. The van der Waals surface area contributed by atoms with E-state index in [0.717, 1.165) is 11.8 Å². The smallest absolute Gasteiger partial charge is 0.348 e. The average molecular weight is 355 g/mol. The van der Waals surface area contributed by atoms with Crippen molar-refractivity contribution in [3.63, 3.8) is 0 Å². The van der Waals surface area contributed by atoms with Crippen molar-refractivity contribution in [1.82, 2.24) is 25.6 Å². The van der Waals surface area contributed by atoms with Crippen molar-refractivity contribution in [2.24, 2.45) is 0 Å². The summed E-state index contributed by atoms with van der Waals surface area (Å²) in [6.45, 7) is 0.929. The largest absolute Gasteiger partial charge is 0.408 e. The topological polar surface area (TPSA) is 91.0 Å². The molecule has 1 saturated heterocycles. The van der Waals surface area contributed by atoms with Gasteiger partial charge in [0.2, 0.25) is 5.91 Å². The van der Waals surface area contributed by atoms with Crippen LogP contribution in [0.15, 0.2) is 18.2 Å². The van der Waals surface area contributed by atoms with Crippen molar-refractivity contribution in [3.05, 3.63) is 23.8 Å². The number of nitrogens with one attached hydrogen (secondary N) is 2. The monoisotopic (exact) mass is 355 g/mol. The second kappa shape index (κ2) is 6.34. The second-order valence-corrected chi connectivity index (χ2v) is 6.00. The maximum atomic E-state index is 13.0. The minimum atomic E-state index is -4.47. The first-order chi connectivity index (χ1) is 11.8. The van der Waals surface area contributed by atoms with Crippen molar-refractivity contribution in [3.8, 4) is 0 Å². The second-order valence-electron chi connectivity index (χ2n) is 6.00. The first kappa shape index (κ1) is 17.2. The number of benzene rings is 1. The Hall–Kier alpha value is -2.65. The lowest BCUT2D eigenvalue weighted by Crippen LogP contribution is -2.57. The fourth-order valence-electron chi connectivity index (χ4n) is 3.03. The van der Waals surface area contributed by atoms with E-state index in [1.165, 1.54) is 6.07 Å². The van der Waals surface area contributed by atoms with Crippen LogP contribution in [0.25, 0.3) is 11.0 Å². The van der Waals surface area contributed by atoms with Crippen molar-refractivity contribution < 1.29 is 22.8 Å². The summed E-state index contributed by atoms with van der Waals surface area (Å²) in [5.41, 5.74) is 1.44. The van der Waals surface area contributed by atoms with Crippen LogP contribution in [-0.4, -0.2) is 56.9 Å². The van der Waals surface area contributed by atoms with E-state index in [-0.39, 0.29) is 19.4 Å². The quantitative estimate of drug-likeness (QED) is 0.857. The number of aromatic nitrogens is 3. The number of amides is 2. The summed E-state index contributed by atoms with van der Waals surface area (Å²) >= 11 is 0. The first-order valence-corrected chi connectivity index (χ1v) is 7.71. The van der Waals surface area contributed by atoms with Gasteiger partial charge in [0.1, 0.15) is 17.1 Å². The van der Waals surface area contributed by atoms with Gasteiger partial charge in [0.25, 0.3) is 5.91 Å². The van der Waals surface area contributed by atoms with Crippen LogP contribution in [0.2, 0.25) is 0 Å². The predicted octanol–water partition coefficient (Wildman–Crippen LogP) is 1.63. The highest BCUT2D eigenvalue weighted by Gasteiger charge is 2.47. The fraction of sp³-hybridized carbons (Fsp3) is 0.467. The van der Waals surface area contributed by atoms with Gasteiger partial charge in [0.05, 0.1) is 0 Å². The Morgan fingerprint density at radius 3 is 2.64 bits per heavy atom. The van der Waals surface area contributed by atoms with Gasteiger partial charge in [-0.1, -0.05) is 0 Å². The van der Waals surface area contributed by atoms with Crippen LogP contribution in [0.1, 0.15) is 30.1 Å². The number of fused-ring (bicyclic) bond motifs is 1. The summed E-state index contributed by atoms with van der Waals surface area (Å²) < 4.78 is 39.1. The van der Waals surface area contributed by atoms with E-state index >= 15 is 0 Å². The van der Waals surface area contributed by atoms with Gasteiger partial charge in [-0.25, -0.2) is 0 Å². The molecule has 2 unspecified atom stereocenters. The molecule has 10 heteroatoms. The Morgan fingerprint density at radius 2 is 1.96 bits per heavy atom. The molecule has 1 aliphatic heterocycles. The third-order valence-corrected chi connectivity index (χ3v) is 4.28. The van der Waals surface area contributed by atoms with Crippen LogP contribution in [-0.2, 0) is 4.79 Å². The van der Waals surface area contributed by atoms with E-state index < -0.39 is 30.1 Å². The molecule has 1 aromatic carbocycles. The number of nitrogens with zero attached hydrogens (tertiary/aromatic N) is 3. The summed E-state index contributed by atoms with van der Waals surface area (Å²) in [6, 6.07) is 2.38. The molecule has 2 N–H and O–H groups in total. The van der Waals surface area contributed by atoms with E-state index in [1.54, 1.807) is 12.1 Å². The van der Waals surface area contributed by atoms with Crippen LogP contribution in [0.4, 0.5) is 13.2 Å². The standard InChI is InChI=1S/C15H16F3N5O2/c1-8(24)23-7-10(3-5-13(23)15(16,17)18)19-14(25)9-2-4-11-12(6-9)21-22-20-11/h2,4,6,10,13H,3,5,7H2,1H3,(H,19,25)(H,20,21,22). The molecular formula is C15H16F3N5O2.